The molecule has 1 saturated carbocycles. The topological polar surface area (TPSA) is 42.0 Å². The van der Waals surface area contributed by atoms with E-state index in [-0.39, 0.29) is 11.5 Å². The molecule has 1 heterocycles. The molecule has 2 aliphatic rings. The van der Waals surface area contributed by atoms with Crippen LogP contribution in [0.15, 0.2) is 24.3 Å². The number of methoxy groups -OCH3 is 1. The van der Waals surface area contributed by atoms with Crippen molar-refractivity contribution in [3.63, 3.8) is 0 Å². The standard InChI is InChI=1S/C15H20O3/c1-17-13-8-3-2-6-11(13)14(16)12-7-4-5-9-15(12)10-18-15/h2-3,6,8,12,14,16H,4-5,7,9-10H2,1H3/t12-,14+,15-/m0/s1. The summed E-state index contributed by atoms with van der Waals surface area (Å²) in [7, 11) is 1.65. The van der Waals surface area contributed by atoms with Crippen LogP contribution in [0.2, 0.25) is 0 Å². The van der Waals surface area contributed by atoms with Crippen LogP contribution in [0.25, 0.3) is 0 Å². The van der Waals surface area contributed by atoms with Crippen LogP contribution >= 0.6 is 0 Å². The molecule has 3 rings (SSSR count). The molecule has 3 atom stereocenters. The fourth-order valence-corrected chi connectivity index (χ4v) is 3.26. The second-order valence-corrected chi connectivity index (χ2v) is 5.39. The summed E-state index contributed by atoms with van der Waals surface area (Å²) < 4.78 is 11.0. The summed E-state index contributed by atoms with van der Waals surface area (Å²) in [5.74, 6) is 0.980. The molecule has 2 fully saturated rings. The molecule has 98 valence electrons. The molecule has 3 nitrogen and oxygen atoms in total. The van der Waals surface area contributed by atoms with E-state index in [0.29, 0.717) is 0 Å². The number of hydrogen-bond donors (Lipinski definition) is 1. The molecule has 0 unspecified atom stereocenters. The first-order valence-electron chi connectivity index (χ1n) is 6.72. The number of ether oxygens (including phenoxy) is 2. The first-order valence-corrected chi connectivity index (χ1v) is 6.72. The predicted molar refractivity (Wildman–Crippen MR) is 68.6 cm³/mol. The lowest BCUT2D eigenvalue weighted by Gasteiger charge is -2.33. The molecule has 18 heavy (non-hydrogen) atoms. The molecule has 1 aromatic carbocycles. The van der Waals surface area contributed by atoms with Gasteiger partial charge in [0.05, 0.1) is 25.4 Å². The zero-order chi connectivity index (χ0) is 12.6. The Morgan fingerprint density at radius 3 is 2.89 bits per heavy atom. The van der Waals surface area contributed by atoms with Crippen LogP contribution in [-0.2, 0) is 4.74 Å². The van der Waals surface area contributed by atoms with Gasteiger partial charge in [0.1, 0.15) is 5.75 Å². The number of benzene rings is 1. The van der Waals surface area contributed by atoms with E-state index >= 15 is 0 Å². The number of para-hydroxylation sites is 1. The molecule has 1 saturated heterocycles. The van der Waals surface area contributed by atoms with Crippen molar-refractivity contribution in [1.29, 1.82) is 0 Å². The van der Waals surface area contributed by atoms with Crippen molar-refractivity contribution < 1.29 is 14.6 Å². The minimum atomic E-state index is -0.482. The molecule has 0 bridgehead atoms. The maximum atomic E-state index is 10.7. The summed E-state index contributed by atoms with van der Waals surface area (Å²) in [4.78, 5) is 0. The van der Waals surface area contributed by atoms with Crippen LogP contribution in [0.1, 0.15) is 37.4 Å². The molecule has 1 spiro atoms. The molecule has 0 aromatic heterocycles. The van der Waals surface area contributed by atoms with Crippen molar-refractivity contribution in [2.75, 3.05) is 13.7 Å². The van der Waals surface area contributed by atoms with Crippen molar-refractivity contribution in [1.82, 2.24) is 0 Å². The van der Waals surface area contributed by atoms with Crippen molar-refractivity contribution in [3.05, 3.63) is 29.8 Å². The van der Waals surface area contributed by atoms with Gasteiger partial charge in [-0.1, -0.05) is 31.0 Å². The zero-order valence-corrected chi connectivity index (χ0v) is 10.8. The maximum absolute atomic E-state index is 10.7. The predicted octanol–water partition coefficient (Wildman–Crippen LogP) is 2.69. The van der Waals surface area contributed by atoms with Gasteiger partial charge in [0, 0.05) is 11.5 Å². The quantitative estimate of drug-likeness (QED) is 0.836. The Kier molecular flexibility index (Phi) is 3.04. The van der Waals surface area contributed by atoms with Gasteiger partial charge in [-0.3, -0.25) is 0 Å². The third-order valence-corrected chi connectivity index (χ3v) is 4.39. The SMILES string of the molecule is COc1ccccc1[C@@H](O)[C@@H]1CCCC[C@]12CO2. The molecule has 1 aliphatic carbocycles. The van der Waals surface area contributed by atoms with Gasteiger partial charge in [-0.2, -0.15) is 0 Å². The largest absolute Gasteiger partial charge is 0.496 e. The highest BCUT2D eigenvalue weighted by Gasteiger charge is 2.55. The lowest BCUT2D eigenvalue weighted by atomic mass is 9.74. The highest BCUT2D eigenvalue weighted by atomic mass is 16.6. The molecule has 0 radical (unpaired) electrons. The number of hydrogen-bond acceptors (Lipinski definition) is 3. The zero-order valence-electron chi connectivity index (χ0n) is 10.8. The average molecular weight is 248 g/mol. The Balaban J connectivity index is 1.87. The van der Waals surface area contributed by atoms with Crippen LogP contribution in [0.5, 0.6) is 5.75 Å². The van der Waals surface area contributed by atoms with Crippen molar-refractivity contribution in [3.8, 4) is 5.75 Å². The van der Waals surface area contributed by atoms with Crippen LogP contribution in [-0.4, -0.2) is 24.4 Å². The van der Waals surface area contributed by atoms with Crippen LogP contribution in [0, 0.1) is 5.92 Å². The molecular weight excluding hydrogens is 228 g/mol. The molecule has 1 N–H and O–H groups in total. The van der Waals surface area contributed by atoms with E-state index < -0.39 is 6.10 Å². The second-order valence-electron chi connectivity index (χ2n) is 5.39. The van der Waals surface area contributed by atoms with E-state index in [0.717, 1.165) is 30.8 Å². The van der Waals surface area contributed by atoms with Gasteiger partial charge < -0.3 is 14.6 Å². The Morgan fingerprint density at radius 2 is 2.17 bits per heavy atom. The van der Waals surface area contributed by atoms with Crippen molar-refractivity contribution in [2.24, 2.45) is 5.92 Å². The molecule has 1 aliphatic heterocycles. The lowest BCUT2D eigenvalue weighted by molar-refractivity contribution is 0.0252. The van der Waals surface area contributed by atoms with Gasteiger partial charge in [-0.05, 0) is 18.9 Å². The smallest absolute Gasteiger partial charge is 0.124 e. The van der Waals surface area contributed by atoms with E-state index in [1.165, 1.54) is 12.8 Å². The Bertz CT molecular complexity index is 426. The van der Waals surface area contributed by atoms with Crippen LogP contribution in [0.3, 0.4) is 0 Å². The molecule has 3 heteroatoms. The lowest BCUT2D eigenvalue weighted by Crippen LogP contribution is -2.33. The van der Waals surface area contributed by atoms with Gasteiger partial charge in [-0.25, -0.2) is 0 Å². The maximum Gasteiger partial charge on any atom is 0.124 e. The van der Waals surface area contributed by atoms with Gasteiger partial charge >= 0.3 is 0 Å². The number of epoxide rings is 1. The van der Waals surface area contributed by atoms with Gasteiger partial charge in [0.25, 0.3) is 0 Å². The molecule has 0 amide bonds. The van der Waals surface area contributed by atoms with Crippen LogP contribution in [0.4, 0.5) is 0 Å². The van der Waals surface area contributed by atoms with E-state index in [1.54, 1.807) is 7.11 Å². The summed E-state index contributed by atoms with van der Waals surface area (Å²) in [6.07, 6.45) is 4.05. The summed E-state index contributed by atoms with van der Waals surface area (Å²) in [5.41, 5.74) is 0.847. The van der Waals surface area contributed by atoms with E-state index in [1.807, 2.05) is 24.3 Å². The second kappa shape index (κ2) is 4.56. The number of rotatable bonds is 3. The summed E-state index contributed by atoms with van der Waals surface area (Å²) in [6.45, 7) is 0.809. The van der Waals surface area contributed by atoms with Gasteiger partial charge in [-0.15, -0.1) is 0 Å². The number of aliphatic hydroxyl groups excluding tert-OH is 1. The van der Waals surface area contributed by atoms with Crippen LogP contribution < -0.4 is 4.74 Å². The normalized spacial score (nSPS) is 32.2. The summed E-state index contributed by atoms with van der Waals surface area (Å²) in [5, 5.41) is 10.7. The fourth-order valence-electron chi connectivity index (χ4n) is 3.26. The first-order chi connectivity index (χ1) is 8.77. The fraction of sp³-hybridized carbons (Fsp3) is 0.600. The summed E-state index contributed by atoms with van der Waals surface area (Å²) in [6, 6.07) is 7.74. The minimum absolute atomic E-state index is 0.0431. The van der Waals surface area contributed by atoms with Crippen molar-refractivity contribution >= 4 is 0 Å². The highest BCUT2D eigenvalue weighted by molar-refractivity contribution is 5.36. The highest BCUT2D eigenvalue weighted by Crippen LogP contribution is 2.51. The third-order valence-electron chi connectivity index (χ3n) is 4.39. The van der Waals surface area contributed by atoms with Gasteiger partial charge in [0.15, 0.2) is 0 Å². The molecular formula is C15H20O3. The van der Waals surface area contributed by atoms with Crippen molar-refractivity contribution in [2.45, 2.75) is 37.4 Å². The van der Waals surface area contributed by atoms with E-state index in [4.69, 9.17) is 9.47 Å². The average Bonchev–Trinajstić information content (AvgIpc) is 3.18. The number of aliphatic hydroxyl groups is 1. The Morgan fingerprint density at radius 1 is 1.39 bits per heavy atom. The third kappa shape index (κ3) is 1.91. The van der Waals surface area contributed by atoms with E-state index in [2.05, 4.69) is 0 Å². The first kappa shape index (κ1) is 12.0. The minimum Gasteiger partial charge on any atom is -0.496 e. The summed E-state index contributed by atoms with van der Waals surface area (Å²) >= 11 is 0. The molecule has 1 aromatic rings. The monoisotopic (exact) mass is 248 g/mol. The Labute approximate surface area is 108 Å². The Hall–Kier alpha value is -1.06. The van der Waals surface area contributed by atoms with E-state index in [9.17, 15) is 5.11 Å². The van der Waals surface area contributed by atoms with Gasteiger partial charge in [0.2, 0.25) is 0 Å².